The molecule has 24 heavy (non-hydrogen) atoms. The van der Waals surface area contributed by atoms with Gasteiger partial charge in [-0.25, -0.2) is 0 Å². The van der Waals surface area contributed by atoms with Crippen LogP contribution in [-0.2, 0) is 11.2 Å². The first-order valence-electron chi connectivity index (χ1n) is 8.27. The van der Waals surface area contributed by atoms with E-state index < -0.39 is 0 Å². The van der Waals surface area contributed by atoms with E-state index in [0.29, 0.717) is 0 Å². The molecule has 1 heterocycles. The van der Waals surface area contributed by atoms with Crippen LogP contribution in [0.3, 0.4) is 0 Å². The Morgan fingerprint density at radius 3 is 2.62 bits per heavy atom. The summed E-state index contributed by atoms with van der Waals surface area (Å²) >= 11 is 1.64. The van der Waals surface area contributed by atoms with Crippen molar-refractivity contribution in [2.75, 3.05) is 11.4 Å². The molecule has 3 aromatic carbocycles. The lowest BCUT2D eigenvalue weighted by Gasteiger charge is -2.21. The number of anilines is 1. The molecule has 0 saturated heterocycles. The quantitative estimate of drug-likeness (QED) is 0.635. The van der Waals surface area contributed by atoms with Gasteiger partial charge in [-0.2, -0.15) is 0 Å². The third kappa shape index (κ3) is 2.80. The fourth-order valence-corrected chi connectivity index (χ4v) is 4.26. The third-order valence-electron chi connectivity index (χ3n) is 4.53. The molecular weight excluding hydrogens is 314 g/mol. The number of hydrogen-bond donors (Lipinski definition) is 0. The lowest BCUT2D eigenvalue weighted by Crippen LogP contribution is -2.35. The number of hydrogen-bond acceptors (Lipinski definition) is 2. The van der Waals surface area contributed by atoms with E-state index in [1.54, 1.807) is 11.8 Å². The first kappa shape index (κ1) is 15.3. The zero-order chi connectivity index (χ0) is 16.5. The second kappa shape index (κ2) is 6.33. The Bertz CT molecular complexity index is 905. The summed E-state index contributed by atoms with van der Waals surface area (Å²) in [5.41, 5.74) is 2.35. The summed E-state index contributed by atoms with van der Waals surface area (Å²) in [5, 5.41) is 2.35. The van der Waals surface area contributed by atoms with E-state index >= 15 is 0 Å². The summed E-state index contributed by atoms with van der Waals surface area (Å²) in [5.74, 6) is 0.193. The molecule has 0 aliphatic carbocycles. The van der Waals surface area contributed by atoms with Gasteiger partial charge in [-0.3, -0.25) is 4.79 Å². The average molecular weight is 333 g/mol. The Balaban J connectivity index is 1.53. The third-order valence-corrected chi connectivity index (χ3v) is 5.62. The molecule has 3 heteroatoms. The molecule has 1 amide bonds. The van der Waals surface area contributed by atoms with E-state index in [2.05, 4.69) is 36.4 Å². The number of nitrogens with zero attached hydrogens (tertiary/aromatic N) is 1. The molecule has 0 N–H and O–H groups in total. The van der Waals surface area contributed by atoms with Crippen LogP contribution >= 0.6 is 11.8 Å². The highest BCUT2D eigenvalue weighted by Crippen LogP contribution is 2.32. The molecule has 2 nitrogen and oxygen atoms in total. The van der Waals surface area contributed by atoms with E-state index in [-0.39, 0.29) is 11.2 Å². The van der Waals surface area contributed by atoms with Crippen LogP contribution in [0, 0.1) is 0 Å². The normalized spacial score (nSPS) is 14.6. The molecule has 3 aromatic rings. The van der Waals surface area contributed by atoms with Crippen LogP contribution in [0.15, 0.2) is 71.6 Å². The minimum absolute atomic E-state index is 0.0997. The summed E-state index contributed by atoms with van der Waals surface area (Å²) in [7, 11) is 0. The number of carbonyl (C=O) groups excluding carboxylic acids is 1. The van der Waals surface area contributed by atoms with Gasteiger partial charge in [0.2, 0.25) is 5.91 Å². The van der Waals surface area contributed by atoms with Gasteiger partial charge >= 0.3 is 0 Å². The van der Waals surface area contributed by atoms with E-state index in [1.807, 2.05) is 42.2 Å². The largest absolute Gasteiger partial charge is 0.311 e. The van der Waals surface area contributed by atoms with Crippen LogP contribution in [0.1, 0.15) is 12.5 Å². The van der Waals surface area contributed by atoms with Gasteiger partial charge in [0.1, 0.15) is 0 Å². The summed E-state index contributed by atoms with van der Waals surface area (Å²) < 4.78 is 0. The minimum atomic E-state index is -0.0997. The van der Waals surface area contributed by atoms with Gasteiger partial charge in [0, 0.05) is 17.1 Å². The number of amides is 1. The van der Waals surface area contributed by atoms with Crippen LogP contribution in [0.25, 0.3) is 10.8 Å². The van der Waals surface area contributed by atoms with E-state index in [4.69, 9.17) is 0 Å². The topological polar surface area (TPSA) is 20.3 Å². The van der Waals surface area contributed by atoms with Crippen LogP contribution in [-0.4, -0.2) is 17.7 Å². The number of rotatable bonds is 3. The minimum Gasteiger partial charge on any atom is -0.311 e. The van der Waals surface area contributed by atoms with Crippen molar-refractivity contribution in [2.45, 2.75) is 23.5 Å². The van der Waals surface area contributed by atoms with Crippen LogP contribution in [0.2, 0.25) is 0 Å². The average Bonchev–Trinajstić information content (AvgIpc) is 3.05. The Kier molecular flexibility index (Phi) is 4.03. The molecule has 0 saturated carbocycles. The Morgan fingerprint density at radius 1 is 1.00 bits per heavy atom. The molecule has 0 unspecified atom stereocenters. The number of para-hydroxylation sites is 1. The van der Waals surface area contributed by atoms with Gasteiger partial charge in [0.15, 0.2) is 0 Å². The monoisotopic (exact) mass is 333 g/mol. The fraction of sp³-hybridized carbons (Fsp3) is 0.190. The molecule has 0 aromatic heterocycles. The maximum absolute atomic E-state index is 12.9. The predicted octanol–water partition coefficient (Wildman–Crippen LogP) is 4.91. The van der Waals surface area contributed by atoms with Crippen molar-refractivity contribution >= 4 is 34.1 Å². The fourth-order valence-electron chi connectivity index (χ4n) is 3.28. The van der Waals surface area contributed by atoms with Crippen molar-refractivity contribution in [1.82, 2.24) is 0 Å². The molecule has 0 bridgehead atoms. The summed E-state index contributed by atoms with van der Waals surface area (Å²) in [4.78, 5) is 16.0. The van der Waals surface area contributed by atoms with E-state index in [1.165, 1.54) is 16.3 Å². The Hall–Kier alpha value is -2.26. The number of thioether (sulfide) groups is 1. The highest BCUT2D eigenvalue weighted by Gasteiger charge is 2.28. The SMILES string of the molecule is C[C@@H](Sc1ccc2ccccc2c1)C(=O)N1CCc2ccccc21. The number of benzene rings is 3. The zero-order valence-corrected chi connectivity index (χ0v) is 14.4. The van der Waals surface area contributed by atoms with Crippen LogP contribution < -0.4 is 4.90 Å². The van der Waals surface area contributed by atoms with Crippen LogP contribution in [0.4, 0.5) is 5.69 Å². The Labute approximate surface area is 146 Å². The standard InChI is InChI=1S/C21H19NOS/c1-15(21(23)22-13-12-17-7-4-5-9-20(17)22)24-19-11-10-16-6-2-3-8-18(16)14-19/h2-11,14-15H,12-13H2,1H3/t15-/m1/s1. The molecule has 4 rings (SSSR count). The second-order valence-electron chi connectivity index (χ2n) is 6.14. The van der Waals surface area contributed by atoms with Gasteiger partial charge in [-0.05, 0) is 47.9 Å². The molecule has 1 aliphatic rings. The summed E-state index contributed by atoms with van der Waals surface area (Å²) in [6.07, 6.45) is 0.954. The first-order chi connectivity index (χ1) is 11.7. The van der Waals surface area contributed by atoms with E-state index in [9.17, 15) is 4.79 Å². The summed E-state index contributed by atoms with van der Waals surface area (Å²) in [6.45, 7) is 2.80. The molecule has 0 fully saturated rings. The molecular formula is C21H19NOS. The van der Waals surface area contributed by atoms with Crippen molar-refractivity contribution in [3.05, 3.63) is 72.3 Å². The maximum Gasteiger partial charge on any atom is 0.240 e. The van der Waals surface area contributed by atoms with Gasteiger partial charge in [0.05, 0.1) is 5.25 Å². The van der Waals surface area contributed by atoms with Gasteiger partial charge in [-0.15, -0.1) is 11.8 Å². The highest BCUT2D eigenvalue weighted by atomic mass is 32.2. The lowest BCUT2D eigenvalue weighted by molar-refractivity contribution is -0.117. The van der Waals surface area contributed by atoms with Gasteiger partial charge in [0.25, 0.3) is 0 Å². The van der Waals surface area contributed by atoms with Crippen molar-refractivity contribution in [2.24, 2.45) is 0 Å². The summed E-state index contributed by atoms with van der Waals surface area (Å²) in [6, 6.07) is 22.9. The predicted molar refractivity (Wildman–Crippen MR) is 102 cm³/mol. The molecule has 120 valence electrons. The molecule has 0 spiro atoms. The first-order valence-corrected chi connectivity index (χ1v) is 9.15. The Morgan fingerprint density at radius 2 is 1.75 bits per heavy atom. The maximum atomic E-state index is 12.9. The van der Waals surface area contributed by atoms with Gasteiger partial charge < -0.3 is 4.90 Å². The van der Waals surface area contributed by atoms with Crippen LogP contribution in [0.5, 0.6) is 0 Å². The number of fused-ring (bicyclic) bond motifs is 2. The van der Waals surface area contributed by atoms with Crippen molar-refractivity contribution in [3.8, 4) is 0 Å². The van der Waals surface area contributed by atoms with Crippen molar-refractivity contribution in [3.63, 3.8) is 0 Å². The van der Waals surface area contributed by atoms with Gasteiger partial charge in [-0.1, -0.05) is 48.5 Å². The van der Waals surface area contributed by atoms with E-state index in [0.717, 1.165) is 23.5 Å². The second-order valence-corrected chi connectivity index (χ2v) is 7.55. The number of carbonyl (C=O) groups is 1. The highest BCUT2D eigenvalue weighted by molar-refractivity contribution is 8.00. The smallest absolute Gasteiger partial charge is 0.240 e. The molecule has 0 radical (unpaired) electrons. The molecule has 1 aliphatic heterocycles. The molecule has 1 atom stereocenters. The lowest BCUT2D eigenvalue weighted by atomic mass is 10.1. The van der Waals surface area contributed by atoms with Crippen molar-refractivity contribution < 1.29 is 4.79 Å². The van der Waals surface area contributed by atoms with Crippen molar-refractivity contribution in [1.29, 1.82) is 0 Å². The zero-order valence-electron chi connectivity index (χ0n) is 13.6.